The van der Waals surface area contributed by atoms with Gasteiger partial charge in [-0.1, -0.05) is 80.0 Å². The first-order valence-corrected chi connectivity index (χ1v) is 26.2. The summed E-state index contributed by atoms with van der Waals surface area (Å²) in [4.78, 5) is 50.7. The van der Waals surface area contributed by atoms with E-state index < -0.39 is 0 Å². The lowest BCUT2D eigenvalue weighted by atomic mass is 10.1. The van der Waals surface area contributed by atoms with Crippen molar-refractivity contribution in [2.45, 2.75) is 107 Å². The number of H-pyrrole nitrogens is 3. The average molecular weight is 1040 g/mol. The van der Waals surface area contributed by atoms with Crippen molar-refractivity contribution in [1.82, 2.24) is 60.0 Å². The van der Waals surface area contributed by atoms with Crippen LogP contribution in [0.15, 0.2) is 91.0 Å². The highest BCUT2D eigenvalue weighted by molar-refractivity contribution is 6.31. The van der Waals surface area contributed by atoms with Gasteiger partial charge in [0.1, 0.15) is 28.7 Å². The van der Waals surface area contributed by atoms with E-state index in [0.717, 1.165) is 68.5 Å². The highest BCUT2D eigenvalue weighted by Crippen LogP contribution is 2.20. The fourth-order valence-corrected chi connectivity index (χ4v) is 8.94. The number of benzene rings is 3. The van der Waals surface area contributed by atoms with Gasteiger partial charge in [-0.25, -0.2) is 8.78 Å². The average Bonchev–Trinajstić information content (AvgIpc) is 4.24. The summed E-state index contributed by atoms with van der Waals surface area (Å²) in [5, 5.41) is 21.3. The van der Waals surface area contributed by atoms with Crippen LogP contribution >= 0.6 is 11.6 Å². The number of hydrogen-bond acceptors (Lipinski definition) is 9. The summed E-state index contributed by atoms with van der Waals surface area (Å²) < 4.78 is 28.1. The normalized spacial score (nSPS) is 12.5. The molecule has 0 aliphatic carbocycles. The van der Waals surface area contributed by atoms with E-state index >= 15 is 0 Å². The van der Waals surface area contributed by atoms with Crippen LogP contribution in [0, 0.1) is 32.4 Å². The molecule has 18 heteroatoms. The third-order valence-electron chi connectivity index (χ3n) is 13.0. The molecular weight excluding hydrogens is 962 g/mol. The van der Waals surface area contributed by atoms with Crippen LogP contribution in [0.25, 0.3) is 0 Å². The van der Waals surface area contributed by atoms with Crippen LogP contribution in [-0.4, -0.2) is 155 Å². The van der Waals surface area contributed by atoms with E-state index in [4.69, 9.17) is 11.6 Å². The number of carbonyl (C=O) groups excluding carboxylic acids is 3. The fraction of sp³-hybridized carbons (Fsp3) is 0.464. The SMILES string of the molecule is CCN(CC)CCN(Cc1ccccc1Cl)C(=O)c1cc(C)[nH]n1.Cc1cc(C(=O)N(CCN(C(C)C)C(C)C)Cc2ccccc2F)n[nH]1.Cc1cc(C(=O)N(CCN2CCCC2)Cc2ccccc2F)n[nH]1. The van der Waals surface area contributed by atoms with Gasteiger partial charge in [-0.2, -0.15) is 15.3 Å². The second-order valence-corrected chi connectivity index (χ2v) is 19.7. The number of hydrogen-bond donors (Lipinski definition) is 3. The van der Waals surface area contributed by atoms with E-state index in [9.17, 15) is 23.2 Å². The summed E-state index contributed by atoms with van der Waals surface area (Å²) in [5.74, 6) is -1.01. The molecule has 74 heavy (non-hydrogen) atoms. The number of aromatic amines is 3. The number of aromatic nitrogens is 6. The maximum atomic E-state index is 14.1. The Morgan fingerprint density at radius 1 is 0.568 bits per heavy atom. The molecule has 15 nitrogen and oxygen atoms in total. The Labute approximate surface area is 441 Å². The molecular formula is C56H77ClF2N12O3. The Hall–Kier alpha value is -6.27. The molecule has 6 aromatic rings. The molecule has 1 aliphatic rings. The van der Waals surface area contributed by atoms with E-state index in [1.54, 1.807) is 64.4 Å². The number of likely N-dealkylation sites (N-methyl/N-ethyl adjacent to an activating group) is 1. The molecule has 3 N–H and O–H groups in total. The lowest BCUT2D eigenvalue weighted by Crippen LogP contribution is -2.44. The van der Waals surface area contributed by atoms with Gasteiger partial charge in [0.25, 0.3) is 17.7 Å². The first-order valence-electron chi connectivity index (χ1n) is 25.8. The lowest BCUT2D eigenvalue weighted by molar-refractivity contribution is 0.0684. The molecule has 0 unspecified atom stereocenters. The summed E-state index contributed by atoms with van der Waals surface area (Å²) in [6, 6.07) is 26.8. The second-order valence-electron chi connectivity index (χ2n) is 19.3. The van der Waals surface area contributed by atoms with Crippen LogP contribution in [-0.2, 0) is 19.6 Å². The van der Waals surface area contributed by atoms with Crippen LogP contribution in [0.3, 0.4) is 0 Å². The maximum absolute atomic E-state index is 14.1. The number of rotatable bonds is 22. The molecule has 1 aliphatic heterocycles. The molecule has 400 valence electrons. The van der Waals surface area contributed by atoms with Gasteiger partial charge in [-0.3, -0.25) is 34.6 Å². The van der Waals surface area contributed by atoms with Crippen molar-refractivity contribution in [3.05, 3.63) is 159 Å². The molecule has 0 bridgehead atoms. The molecule has 0 saturated carbocycles. The van der Waals surface area contributed by atoms with Crippen LogP contribution < -0.4 is 0 Å². The second kappa shape index (κ2) is 29.6. The number of halogens is 3. The van der Waals surface area contributed by atoms with Crippen molar-refractivity contribution in [3.8, 4) is 0 Å². The van der Waals surface area contributed by atoms with Crippen molar-refractivity contribution in [3.63, 3.8) is 0 Å². The zero-order chi connectivity index (χ0) is 53.7. The lowest BCUT2D eigenvalue weighted by Gasteiger charge is -2.33. The molecule has 3 aromatic heterocycles. The van der Waals surface area contributed by atoms with Crippen molar-refractivity contribution >= 4 is 29.3 Å². The predicted octanol–water partition coefficient (Wildman–Crippen LogP) is 9.57. The summed E-state index contributed by atoms with van der Waals surface area (Å²) in [6.07, 6.45) is 2.42. The topological polar surface area (TPSA) is 157 Å². The molecule has 3 aromatic carbocycles. The first-order chi connectivity index (χ1) is 35.5. The van der Waals surface area contributed by atoms with Gasteiger partial charge in [0.05, 0.1) is 0 Å². The largest absolute Gasteiger partial charge is 0.332 e. The Kier molecular flexibility index (Phi) is 23.4. The minimum absolute atomic E-state index is 0.0774. The molecule has 0 radical (unpaired) electrons. The third kappa shape index (κ3) is 18.0. The Balaban J connectivity index is 0.000000206. The molecule has 1 fully saturated rings. The van der Waals surface area contributed by atoms with Crippen molar-refractivity contribution < 1.29 is 23.2 Å². The third-order valence-corrected chi connectivity index (χ3v) is 13.4. The number of nitrogens with zero attached hydrogens (tertiary/aromatic N) is 9. The van der Waals surface area contributed by atoms with Gasteiger partial charge >= 0.3 is 0 Å². The van der Waals surface area contributed by atoms with E-state index in [1.165, 1.54) is 25.0 Å². The summed E-state index contributed by atoms with van der Waals surface area (Å²) >= 11 is 6.27. The number of aryl methyl sites for hydroxylation is 3. The predicted molar refractivity (Wildman–Crippen MR) is 289 cm³/mol. The summed E-state index contributed by atoms with van der Waals surface area (Å²) in [7, 11) is 0. The zero-order valence-electron chi connectivity index (χ0n) is 44.8. The first kappa shape index (κ1) is 58.6. The molecule has 0 atom stereocenters. The van der Waals surface area contributed by atoms with E-state index in [2.05, 4.69) is 86.8 Å². The fourth-order valence-electron chi connectivity index (χ4n) is 8.74. The zero-order valence-corrected chi connectivity index (χ0v) is 45.6. The van der Waals surface area contributed by atoms with Crippen LogP contribution in [0.2, 0.25) is 5.02 Å². The minimum Gasteiger partial charge on any atom is -0.332 e. The quantitative estimate of drug-likeness (QED) is 0.0603. The molecule has 1 saturated heterocycles. The molecule has 7 rings (SSSR count). The van der Waals surface area contributed by atoms with Gasteiger partial charge in [0, 0.05) is 104 Å². The Morgan fingerprint density at radius 3 is 1.32 bits per heavy atom. The summed E-state index contributed by atoms with van der Waals surface area (Å²) in [5.41, 5.74) is 5.70. The standard InChI is InChI=1S/C20H29FN4O.C18H25ClN4O.C18H23FN4O/c1-14(2)25(15(3)4)11-10-24(13-17-8-6-7-9-18(17)21)20(26)19-12-16(5)22-23-19;1-4-22(5-2)10-11-23(13-15-8-6-7-9-16(15)19)18(24)17-12-14(3)20-21-17;1-14-12-17(21-20-14)18(24)23(11-10-22-8-4-5-9-22)13-15-6-2-3-7-16(15)19/h6-9,12,14-15H,10-11,13H2,1-5H3,(H,22,23);6-9,12H,4-5,10-11,13H2,1-3H3,(H,20,21);2-3,6-7,12H,4-5,8-11,13H2,1H3,(H,20,21). The molecule has 0 spiro atoms. The molecule has 3 amide bonds. The van der Waals surface area contributed by atoms with Gasteiger partial charge in [-0.15, -0.1) is 0 Å². The highest BCUT2D eigenvalue weighted by Gasteiger charge is 2.25. The maximum Gasteiger partial charge on any atom is 0.274 e. The molecule has 4 heterocycles. The number of likely N-dealkylation sites (tertiary alicyclic amines) is 1. The number of nitrogens with one attached hydrogen (secondary N) is 3. The van der Waals surface area contributed by atoms with Crippen molar-refractivity contribution in [2.24, 2.45) is 0 Å². The highest BCUT2D eigenvalue weighted by atomic mass is 35.5. The van der Waals surface area contributed by atoms with Crippen molar-refractivity contribution in [2.75, 3.05) is 65.4 Å². The smallest absolute Gasteiger partial charge is 0.274 e. The van der Waals surface area contributed by atoms with E-state index in [1.807, 2.05) is 49.9 Å². The van der Waals surface area contributed by atoms with E-state index in [0.29, 0.717) is 71.5 Å². The summed E-state index contributed by atoms with van der Waals surface area (Å²) in [6.45, 7) is 27.5. The van der Waals surface area contributed by atoms with E-state index in [-0.39, 0.29) is 42.4 Å². The van der Waals surface area contributed by atoms with Crippen LogP contribution in [0.1, 0.15) is 120 Å². The van der Waals surface area contributed by atoms with Gasteiger partial charge in [0.2, 0.25) is 0 Å². The van der Waals surface area contributed by atoms with Gasteiger partial charge in [0.15, 0.2) is 0 Å². The Morgan fingerprint density at radius 2 is 0.946 bits per heavy atom. The Bertz CT molecular complexity index is 2540. The van der Waals surface area contributed by atoms with Gasteiger partial charge in [-0.05, 0) is 129 Å². The monoisotopic (exact) mass is 1040 g/mol. The minimum atomic E-state index is -0.298. The van der Waals surface area contributed by atoms with Crippen LogP contribution in [0.4, 0.5) is 8.78 Å². The number of amides is 3. The van der Waals surface area contributed by atoms with Gasteiger partial charge < -0.3 is 24.5 Å². The number of carbonyl (C=O) groups is 3. The van der Waals surface area contributed by atoms with Crippen molar-refractivity contribution in [1.29, 1.82) is 0 Å². The van der Waals surface area contributed by atoms with Crippen LogP contribution in [0.5, 0.6) is 0 Å².